The normalized spacial score (nSPS) is 14.0. The van der Waals surface area contributed by atoms with Gasteiger partial charge in [-0.15, -0.1) is 0 Å². The van der Waals surface area contributed by atoms with Crippen molar-refractivity contribution in [2.75, 3.05) is 25.0 Å². The van der Waals surface area contributed by atoms with Crippen LogP contribution in [0.2, 0.25) is 0 Å². The smallest absolute Gasteiger partial charge is 0.325 e. The Hall–Kier alpha value is -1.92. The van der Waals surface area contributed by atoms with Gasteiger partial charge < -0.3 is 10.4 Å². The Morgan fingerprint density at radius 3 is 2.64 bits per heavy atom. The summed E-state index contributed by atoms with van der Waals surface area (Å²) >= 11 is 0. The minimum atomic E-state index is -0.531. The Morgan fingerprint density at radius 1 is 1.32 bits per heavy atom. The third-order valence-electron chi connectivity index (χ3n) is 3.68. The molecule has 1 aliphatic rings. The maximum Gasteiger partial charge on any atom is 0.325 e. The number of carbonyl (C=O) groups excluding carboxylic acids is 2. The lowest BCUT2D eigenvalue weighted by Crippen LogP contribution is -2.43. The fourth-order valence-corrected chi connectivity index (χ4v) is 2.42. The van der Waals surface area contributed by atoms with Crippen molar-refractivity contribution in [2.24, 2.45) is 0 Å². The molecular weight excluding hydrogens is 282 g/mol. The summed E-state index contributed by atoms with van der Waals surface area (Å²) in [4.78, 5) is 25.7. The number of rotatable bonds is 6. The van der Waals surface area contributed by atoms with E-state index in [1.807, 2.05) is 36.9 Å². The summed E-state index contributed by atoms with van der Waals surface area (Å²) < 4.78 is 0. The van der Waals surface area contributed by atoms with Crippen LogP contribution in [0.25, 0.3) is 0 Å². The molecule has 120 valence electrons. The largest absolute Gasteiger partial charge is 0.395 e. The number of aliphatic hydroxyl groups is 1. The van der Waals surface area contributed by atoms with E-state index in [0.29, 0.717) is 18.3 Å². The van der Waals surface area contributed by atoms with Crippen LogP contribution < -0.4 is 10.6 Å². The molecule has 22 heavy (non-hydrogen) atoms. The van der Waals surface area contributed by atoms with Crippen LogP contribution in [0.3, 0.4) is 0 Å². The summed E-state index contributed by atoms with van der Waals surface area (Å²) in [5, 5.41) is 14.0. The molecule has 1 fully saturated rings. The molecule has 0 saturated heterocycles. The number of nitrogens with zero attached hydrogens (tertiary/aromatic N) is 1. The van der Waals surface area contributed by atoms with E-state index in [9.17, 15) is 9.59 Å². The molecule has 1 aliphatic carbocycles. The molecule has 3 amide bonds. The van der Waals surface area contributed by atoms with Gasteiger partial charge in [0, 0.05) is 18.3 Å². The molecule has 0 aliphatic heterocycles. The van der Waals surface area contributed by atoms with Crippen LogP contribution in [0.15, 0.2) is 18.2 Å². The fraction of sp³-hybridized carbons (Fsp3) is 0.500. The standard InChI is InChI=1S/C16H23N3O3/c1-11-3-6-14(12(2)9-11)17-16(22)18-15(21)10-19(7-8-20)13-4-5-13/h3,6,9,13,20H,4-5,7-8,10H2,1-2H3,(H2,17,18,21,22). The molecule has 0 radical (unpaired) electrons. The first kappa shape index (κ1) is 16.5. The van der Waals surface area contributed by atoms with E-state index in [1.165, 1.54) is 0 Å². The van der Waals surface area contributed by atoms with E-state index < -0.39 is 6.03 Å². The number of hydrogen-bond donors (Lipinski definition) is 3. The lowest BCUT2D eigenvalue weighted by atomic mass is 10.1. The maximum atomic E-state index is 11.9. The van der Waals surface area contributed by atoms with Crippen molar-refractivity contribution in [3.8, 4) is 0 Å². The van der Waals surface area contributed by atoms with Crippen molar-refractivity contribution in [3.05, 3.63) is 29.3 Å². The molecule has 3 N–H and O–H groups in total. The van der Waals surface area contributed by atoms with Crippen LogP contribution in [0, 0.1) is 13.8 Å². The number of carbonyl (C=O) groups is 2. The molecule has 1 aromatic carbocycles. The van der Waals surface area contributed by atoms with Crippen LogP contribution in [0.1, 0.15) is 24.0 Å². The van der Waals surface area contributed by atoms with Crippen LogP contribution in [-0.4, -0.2) is 47.7 Å². The molecule has 0 unspecified atom stereocenters. The van der Waals surface area contributed by atoms with E-state index in [1.54, 1.807) is 0 Å². The number of nitrogens with one attached hydrogen (secondary N) is 2. The number of amides is 3. The first-order valence-corrected chi connectivity index (χ1v) is 7.52. The predicted octanol–water partition coefficient (Wildman–Crippen LogP) is 1.41. The van der Waals surface area contributed by atoms with Crippen LogP contribution in [-0.2, 0) is 4.79 Å². The van der Waals surface area contributed by atoms with Crippen molar-refractivity contribution >= 4 is 17.6 Å². The molecule has 0 spiro atoms. The number of anilines is 1. The summed E-state index contributed by atoms with van der Waals surface area (Å²) in [6.45, 7) is 4.48. The van der Waals surface area contributed by atoms with E-state index in [4.69, 9.17) is 5.11 Å². The molecule has 0 aromatic heterocycles. The molecule has 1 saturated carbocycles. The number of benzene rings is 1. The average molecular weight is 305 g/mol. The molecular formula is C16H23N3O3. The van der Waals surface area contributed by atoms with E-state index in [-0.39, 0.29) is 19.1 Å². The van der Waals surface area contributed by atoms with Crippen molar-refractivity contribution < 1.29 is 14.7 Å². The highest BCUT2D eigenvalue weighted by atomic mass is 16.3. The second-order valence-corrected chi connectivity index (χ2v) is 5.75. The summed E-state index contributed by atoms with van der Waals surface area (Å²) in [6.07, 6.45) is 2.09. The Morgan fingerprint density at radius 2 is 2.05 bits per heavy atom. The fourth-order valence-electron chi connectivity index (χ4n) is 2.42. The van der Waals surface area contributed by atoms with Gasteiger partial charge in [-0.25, -0.2) is 4.79 Å². The second-order valence-electron chi connectivity index (χ2n) is 5.75. The van der Waals surface area contributed by atoms with Crippen LogP contribution in [0.5, 0.6) is 0 Å². The highest BCUT2D eigenvalue weighted by Crippen LogP contribution is 2.26. The molecule has 0 heterocycles. The third-order valence-corrected chi connectivity index (χ3v) is 3.68. The van der Waals surface area contributed by atoms with Crippen molar-refractivity contribution in [2.45, 2.75) is 32.7 Å². The highest BCUT2D eigenvalue weighted by molar-refractivity contribution is 6.02. The highest BCUT2D eigenvalue weighted by Gasteiger charge is 2.30. The Kier molecular flexibility index (Phi) is 5.51. The summed E-state index contributed by atoms with van der Waals surface area (Å²) in [6, 6.07) is 5.52. The maximum absolute atomic E-state index is 11.9. The van der Waals surface area contributed by atoms with Gasteiger partial charge >= 0.3 is 6.03 Å². The van der Waals surface area contributed by atoms with E-state index in [0.717, 1.165) is 24.0 Å². The number of aliphatic hydroxyl groups excluding tert-OH is 1. The lowest BCUT2D eigenvalue weighted by molar-refractivity contribution is -0.121. The first-order valence-electron chi connectivity index (χ1n) is 7.52. The van der Waals surface area contributed by atoms with Crippen molar-refractivity contribution in [1.82, 2.24) is 10.2 Å². The number of imide groups is 1. The van der Waals surface area contributed by atoms with Gasteiger partial charge in [-0.1, -0.05) is 17.7 Å². The third kappa shape index (κ3) is 4.82. The van der Waals surface area contributed by atoms with Gasteiger partial charge in [0.05, 0.1) is 13.2 Å². The summed E-state index contributed by atoms with van der Waals surface area (Å²) in [5.74, 6) is -0.359. The monoisotopic (exact) mass is 305 g/mol. The van der Waals surface area contributed by atoms with Crippen molar-refractivity contribution in [3.63, 3.8) is 0 Å². The minimum absolute atomic E-state index is 0.0124. The summed E-state index contributed by atoms with van der Waals surface area (Å²) in [7, 11) is 0. The molecule has 1 aromatic rings. The SMILES string of the molecule is Cc1ccc(NC(=O)NC(=O)CN(CCO)C2CC2)c(C)c1. The zero-order valence-electron chi connectivity index (χ0n) is 13.1. The van der Waals surface area contributed by atoms with E-state index >= 15 is 0 Å². The number of urea groups is 1. The molecule has 6 nitrogen and oxygen atoms in total. The zero-order chi connectivity index (χ0) is 16.1. The molecule has 6 heteroatoms. The Labute approximate surface area is 130 Å². The number of hydrogen-bond acceptors (Lipinski definition) is 4. The quantitative estimate of drug-likeness (QED) is 0.742. The van der Waals surface area contributed by atoms with Crippen LogP contribution >= 0.6 is 0 Å². The van der Waals surface area contributed by atoms with Gasteiger partial charge in [0.1, 0.15) is 0 Å². The van der Waals surface area contributed by atoms with Gasteiger partial charge in [0.25, 0.3) is 0 Å². The molecule has 2 rings (SSSR count). The van der Waals surface area contributed by atoms with Gasteiger partial charge in [0.2, 0.25) is 5.91 Å². The van der Waals surface area contributed by atoms with E-state index in [2.05, 4.69) is 10.6 Å². The molecule has 0 bridgehead atoms. The number of aryl methyl sites for hydroxylation is 2. The predicted molar refractivity (Wildman–Crippen MR) is 84.8 cm³/mol. The lowest BCUT2D eigenvalue weighted by Gasteiger charge is -2.19. The van der Waals surface area contributed by atoms with Crippen molar-refractivity contribution in [1.29, 1.82) is 0 Å². The second kappa shape index (κ2) is 7.38. The Balaban J connectivity index is 1.84. The minimum Gasteiger partial charge on any atom is -0.395 e. The topological polar surface area (TPSA) is 81.7 Å². The van der Waals surface area contributed by atoms with Gasteiger partial charge in [-0.3, -0.25) is 15.0 Å². The van der Waals surface area contributed by atoms with Crippen LogP contribution in [0.4, 0.5) is 10.5 Å². The first-order chi connectivity index (χ1) is 10.5. The average Bonchev–Trinajstić information content (AvgIpc) is 3.26. The molecule has 0 atom stereocenters. The van der Waals surface area contributed by atoms with Gasteiger partial charge in [-0.05, 0) is 38.3 Å². The zero-order valence-corrected chi connectivity index (χ0v) is 13.1. The van der Waals surface area contributed by atoms with Gasteiger partial charge in [-0.2, -0.15) is 0 Å². The Bertz CT molecular complexity index is 556. The van der Waals surface area contributed by atoms with Gasteiger partial charge in [0.15, 0.2) is 0 Å². The summed E-state index contributed by atoms with van der Waals surface area (Å²) in [5.41, 5.74) is 2.75.